The summed E-state index contributed by atoms with van der Waals surface area (Å²) >= 11 is 2.33. The molecule has 6 N–H and O–H groups in total. The molecule has 0 aliphatic rings. The molecule has 0 aliphatic heterocycles. The van der Waals surface area contributed by atoms with Gasteiger partial charge in [-0.3, -0.25) is 4.79 Å². The number of aliphatic hydroxyl groups is 2. The lowest BCUT2D eigenvalue weighted by molar-refractivity contribution is -0.137. The van der Waals surface area contributed by atoms with Gasteiger partial charge in [-0.1, -0.05) is 0 Å². The van der Waals surface area contributed by atoms with E-state index in [4.69, 9.17) is 0 Å². The van der Waals surface area contributed by atoms with Gasteiger partial charge in [0.2, 0.25) is 5.95 Å². The second-order valence-electron chi connectivity index (χ2n) is 6.94. The summed E-state index contributed by atoms with van der Waals surface area (Å²) in [6, 6.07) is 1.08. The number of nitriles is 1. The predicted octanol–water partition coefficient (Wildman–Crippen LogP) is 2.41. The Morgan fingerprint density at radius 1 is 1.15 bits per heavy atom. The number of azo groups is 1. The molecule has 2 rings (SSSR count). The van der Waals surface area contributed by atoms with Crippen molar-refractivity contribution in [3.8, 4) is 6.07 Å². The fourth-order valence-electron chi connectivity index (χ4n) is 2.27. The molecule has 2 heterocycles. The summed E-state index contributed by atoms with van der Waals surface area (Å²) in [6.07, 6.45) is 0.359. The monoisotopic (exact) mass is 495 g/mol. The number of carbonyl (C=O) groups is 1. The summed E-state index contributed by atoms with van der Waals surface area (Å²) < 4.78 is 4.18. The van der Waals surface area contributed by atoms with Crippen LogP contribution in [0.15, 0.2) is 15.3 Å². The van der Waals surface area contributed by atoms with Gasteiger partial charge < -0.3 is 31.3 Å². The smallest absolute Gasteiger partial charge is 0.325 e. The molecule has 33 heavy (non-hydrogen) atoms. The second kappa shape index (κ2) is 12.3. The summed E-state index contributed by atoms with van der Waals surface area (Å²) in [5.41, 5.74) is 0.440. The maximum atomic E-state index is 11.2. The fourth-order valence-corrected chi connectivity index (χ4v) is 3.66. The fraction of sp³-hybridized carbons (Fsp3) is 0.500. The van der Waals surface area contributed by atoms with Crippen LogP contribution in [-0.2, 0) is 4.79 Å². The Bertz CT molecular complexity index is 1000. The summed E-state index contributed by atoms with van der Waals surface area (Å²) in [5, 5.41) is 55.8. The van der Waals surface area contributed by atoms with Gasteiger partial charge in [-0.15, -0.1) is 22.0 Å². The molecule has 2 aromatic heterocycles. The number of hydrogen-bond acceptors (Lipinski definition) is 14. The van der Waals surface area contributed by atoms with E-state index in [9.17, 15) is 25.4 Å². The Morgan fingerprint density at radius 3 is 2.18 bits per heavy atom. The Hall–Kier alpha value is -3.06. The molecule has 0 amide bonds. The first-order valence-electron chi connectivity index (χ1n) is 9.77. The molecule has 0 aliphatic carbocycles. The number of thioether (sulfide) groups is 1. The van der Waals surface area contributed by atoms with Crippen LogP contribution in [0.25, 0.3) is 0 Å². The van der Waals surface area contributed by atoms with Gasteiger partial charge >= 0.3 is 5.97 Å². The SMILES string of the molecule is CSc1nsc(N=Nc2c(NCC(C)O)nc(N[C@@H](C)C(=O)O)nc2NCC(C)O)c1C#N. The van der Waals surface area contributed by atoms with Crippen LogP contribution < -0.4 is 16.0 Å². The van der Waals surface area contributed by atoms with E-state index in [1.807, 2.05) is 0 Å². The number of anilines is 3. The van der Waals surface area contributed by atoms with Gasteiger partial charge in [0.15, 0.2) is 22.3 Å². The molecular weight excluding hydrogens is 470 g/mol. The average molecular weight is 496 g/mol. The number of carboxylic acids is 1. The maximum absolute atomic E-state index is 11.2. The first-order chi connectivity index (χ1) is 15.7. The topological polar surface area (TPSA) is 201 Å². The minimum atomic E-state index is -1.10. The van der Waals surface area contributed by atoms with E-state index < -0.39 is 24.2 Å². The van der Waals surface area contributed by atoms with E-state index in [0.29, 0.717) is 15.6 Å². The lowest BCUT2D eigenvalue weighted by Crippen LogP contribution is -2.27. The van der Waals surface area contributed by atoms with E-state index in [1.54, 1.807) is 20.1 Å². The van der Waals surface area contributed by atoms with Crippen molar-refractivity contribution in [1.82, 2.24) is 14.3 Å². The Kier molecular flexibility index (Phi) is 9.73. The van der Waals surface area contributed by atoms with Gasteiger partial charge in [0.05, 0.1) is 12.2 Å². The van der Waals surface area contributed by atoms with Crippen molar-refractivity contribution < 1.29 is 20.1 Å². The Balaban J connectivity index is 2.56. The zero-order chi connectivity index (χ0) is 24.5. The van der Waals surface area contributed by atoms with Crippen LogP contribution in [-0.4, -0.2) is 73.2 Å². The highest BCUT2D eigenvalue weighted by atomic mass is 32.2. The standard InChI is InChI=1S/C18H25N9O4S2/c1-8(28)6-20-13-12(25-26-15-11(5-19)16(32-4)27-33-15)14(21-7-9(2)29)24-18(23-13)22-10(3)17(30)31/h8-10,28-29H,6-7H2,1-4H3,(H,30,31)(H3,20,21,22,23,24)/t8?,9?,10-/m0/s1. The Morgan fingerprint density at radius 2 is 1.73 bits per heavy atom. The summed E-state index contributed by atoms with van der Waals surface area (Å²) in [6.45, 7) is 4.82. The van der Waals surface area contributed by atoms with Crippen LogP contribution in [0.4, 0.5) is 28.3 Å². The average Bonchev–Trinajstić information content (AvgIpc) is 3.16. The summed E-state index contributed by atoms with van der Waals surface area (Å²) in [5.74, 6) is -0.782. The third-order valence-electron chi connectivity index (χ3n) is 3.92. The zero-order valence-electron chi connectivity index (χ0n) is 18.4. The molecule has 13 nitrogen and oxygen atoms in total. The molecule has 15 heteroatoms. The number of hydrogen-bond donors (Lipinski definition) is 6. The minimum Gasteiger partial charge on any atom is -0.480 e. The highest BCUT2D eigenvalue weighted by molar-refractivity contribution is 7.98. The van der Waals surface area contributed by atoms with E-state index in [2.05, 4.69) is 46.6 Å². The molecular formula is C18H25N9O4S2. The number of nitrogens with zero attached hydrogens (tertiary/aromatic N) is 6. The van der Waals surface area contributed by atoms with Gasteiger partial charge in [-0.25, -0.2) is 0 Å². The van der Waals surface area contributed by atoms with Crippen LogP contribution in [0.3, 0.4) is 0 Å². The summed E-state index contributed by atoms with van der Waals surface area (Å²) in [4.78, 5) is 19.8. The van der Waals surface area contributed by atoms with Gasteiger partial charge in [0.25, 0.3) is 0 Å². The zero-order valence-corrected chi connectivity index (χ0v) is 20.0. The van der Waals surface area contributed by atoms with Crippen LogP contribution in [0.5, 0.6) is 0 Å². The van der Waals surface area contributed by atoms with E-state index in [0.717, 1.165) is 11.5 Å². The van der Waals surface area contributed by atoms with Crippen LogP contribution >= 0.6 is 23.3 Å². The molecule has 0 fully saturated rings. The third-order valence-corrected chi connectivity index (χ3v) is 5.45. The molecule has 0 aromatic carbocycles. The first-order valence-corrected chi connectivity index (χ1v) is 11.8. The molecule has 2 unspecified atom stereocenters. The number of aliphatic carboxylic acids is 1. The minimum absolute atomic E-state index is 0.00907. The van der Waals surface area contributed by atoms with Crippen LogP contribution in [0.1, 0.15) is 26.3 Å². The van der Waals surface area contributed by atoms with Gasteiger partial charge in [-0.05, 0) is 38.6 Å². The molecule has 0 radical (unpaired) electrons. The summed E-state index contributed by atoms with van der Waals surface area (Å²) in [7, 11) is 0. The normalized spacial score (nSPS) is 13.8. The molecule has 0 spiro atoms. The second-order valence-corrected chi connectivity index (χ2v) is 8.49. The third kappa shape index (κ3) is 7.49. The Labute approximate surface area is 198 Å². The van der Waals surface area contributed by atoms with Gasteiger partial charge in [0.1, 0.15) is 22.7 Å². The van der Waals surface area contributed by atoms with E-state index >= 15 is 0 Å². The quantitative estimate of drug-likeness (QED) is 0.186. The van der Waals surface area contributed by atoms with Crippen molar-refractivity contribution in [3.63, 3.8) is 0 Å². The number of carboxylic acid groups (broad SMARTS) is 1. The van der Waals surface area contributed by atoms with Crippen LogP contribution in [0.2, 0.25) is 0 Å². The molecule has 0 saturated heterocycles. The molecule has 0 bridgehead atoms. The van der Waals surface area contributed by atoms with Crippen molar-refractivity contribution in [2.24, 2.45) is 10.2 Å². The van der Waals surface area contributed by atoms with Crippen molar-refractivity contribution in [2.45, 2.75) is 44.0 Å². The number of nitrogens with one attached hydrogen (secondary N) is 3. The molecule has 2 aromatic rings. The van der Waals surface area contributed by atoms with E-state index in [1.165, 1.54) is 18.7 Å². The van der Waals surface area contributed by atoms with E-state index in [-0.39, 0.29) is 36.4 Å². The maximum Gasteiger partial charge on any atom is 0.325 e. The van der Waals surface area contributed by atoms with Crippen LogP contribution in [0, 0.1) is 11.3 Å². The molecule has 0 saturated carbocycles. The molecule has 178 valence electrons. The molecule has 3 atom stereocenters. The van der Waals surface area contributed by atoms with Crippen molar-refractivity contribution in [3.05, 3.63) is 5.56 Å². The lowest BCUT2D eigenvalue weighted by atomic mass is 10.3. The number of aromatic nitrogens is 3. The largest absolute Gasteiger partial charge is 0.480 e. The van der Waals surface area contributed by atoms with Gasteiger partial charge in [0, 0.05) is 13.1 Å². The number of aliphatic hydroxyl groups excluding tert-OH is 2. The first kappa shape index (κ1) is 26.2. The van der Waals surface area contributed by atoms with Crippen molar-refractivity contribution in [1.29, 1.82) is 5.26 Å². The highest BCUT2D eigenvalue weighted by Gasteiger charge is 2.20. The lowest BCUT2D eigenvalue weighted by Gasteiger charge is -2.17. The number of rotatable bonds is 12. The predicted molar refractivity (Wildman–Crippen MR) is 126 cm³/mol. The van der Waals surface area contributed by atoms with Gasteiger partial charge in [-0.2, -0.15) is 19.6 Å². The highest BCUT2D eigenvalue weighted by Crippen LogP contribution is 2.37. The van der Waals surface area contributed by atoms with Crippen molar-refractivity contribution in [2.75, 3.05) is 35.3 Å². The van der Waals surface area contributed by atoms with Crippen molar-refractivity contribution >= 4 is 57.5 Å².